The number of hydrogen-bond donors (Lipinski definition) is 1. The molecule has 0 aliphatic heterocycles. The van der Waals surface area contributed by atoms with Gasteiger partial charge in [0, 0.05) is 22.5 Å². The first-order chi connectivity index (χ1) is 15.6. The van der Waals surface area contributed by atoms with Crippen LogP contribution in [0.25, 0.3) is 5.69 Å². The van der Waals surface area contributed by atoms with Crippen LogP contribution in [0.2, 0.25) is 0 Å². The molecule has 0 unspecified atom stereocenters. The van der Waals surface area contributed by atoms with Gasteiger partial charge in [-0.2, -0.15) is 5.10 Å². The number of para-hydroxylation sites is 1. The molecule has 1 amide bonds. The molecular formula is C27H31N3O3. The predicted octanol–water partition coefficient (Wildman–Crippen LogP) is 5.33. The number of hydrogen-bond acceptors (Lipinski definition) is 4. The monoisotopic (exact) mass is 445 g/mol. The Kier molecular flexibility index (Phi) is 7.16. The minimum Gasteiger partial charge on any atom is -0.462 e. The Morgan fingerprint density at radius 3 is 2.36 bits per heavy atom. The van der Waals surface area contributed by atoms with E-state index >= 15 is 0 Å². The molecular weight excluding hydrogens is 414 g/mol. The van der Waals surface area contributed by atoms with Gasteiger partial charge in [-0.3, -0.25) is 4.79 Å². The Labute approximate surface area is 195 Å². The quantitative estimate of drug-likeness (QED) is 0.317. The molecule has 0 fully saturated rings. The summed E-state index contributed by atoms with van der Waals surface area (Å²) in [6.07, 6.45) is 1.62. The topological polar surface area (TPSA) is 72.7 Å². The first kappa shape index (κ1) is 24.0. The first-order valence-electron chi connectivity index (χ1n) is 11.0. The Bertz CT molecular complexity index is 1180. The van der Waals surface area contributed by atoms with E-state index in [0.717, 1.165) is 28.2 Å². The Hall–Kier alpha value is -3.67. The molecule has 3 aromatic rings. The maximum Gasteiger partial charge on any atom is 0.340 e. The Morgan fingerprint density at radius 1 is 1.06 bits per heavy atom. The number of aryl methyl sites for hydroxylation is 1. The van der Waals surface area contributed by atoms with Crippen LogP contribution in [-0.2, 0) is 10.2 Å². The van der Waals surface area contributed by atoms with Gasteiger partial charge >= 0.3 is 5.97 Å². The van der Waals surface area contributed by atoms with Crippen molar-refractivity contribution in [2.75, 3.05) is 6.61 Å². The van der Waals surface area contributed by atoms with Crippen LogP contribution in [-0.4, -0.2) is 29.3 Å². The van der Waals surface area contributed by atoms with Crippen molar-refractivity contribution in [3.8, 4) is 5.69 Å². The summed E-state index contributed by atoms with van der Waals surface area (Å²) in [5.41, 5.74) is 8.26. The minimum atomic E-state index is -0.361. The normalized spacial score (nSPS) is 11.6. The molecule has 0 spiro atoms. The summed E-state index contributed by atoms with van der Waals surface area (Å²) in [4.78, 5) is 24.9. The molecule has 0 atom stereocenters. The molecule has 6 nitrogen and oxygen atoms in total. The molecule has 2 aromatic carbocycles. The van der Waals surface area contributed by atoms with Crippen LogP contribution in [0.4, 0.5) is 0 Å². The maximum absolute atomic E-state index is 12.5. The van der Waals surface area contributed by atoms with Crippen LogP contribution in [0.5, 0.6) is 0 Å². The summed E-state index contributed by atoms with van der Waals surface area (Å²) in [7, 11) is 0. The maximum atomic E-state index is 12.5. The average molecular weight is 446 g/mol. The number of benzene rings is 2. The molecule has 0 radical (unpaired) electrons. The van der Waals surface area contributed by atoms with Crippen molar-refractivity contribution in [2.24, 2.45) is 5.10 Å². The lowest BCUT2D eigenvalue weighted by molar-refractivity contribution is 0.0526. The van der Waals surface area contributed by atoms with Gasteiger partial charge in [-0.15, -0.1) is 0 Å². The molecule has 0 saturated carbocycles. The van der Waals surface area contributed by atoms with E-state index in [1.54, 1.807) is 19.2 Å². The zero-order valence-electron chi connectivity index (χ0n) is 20.1. The zero-order chi connectivity index (χ0) is 24.2. The van der Waals surface area contributed by atoms with Crippen LogP contribution in [0.1, 0.15) is 70.9 Å². The number of ether oxygens (including phenoxy) is 1. The van der Waals surface area contributed by atoms with Crippen molar-refractivity contribution in [1.82, 2.24) is 9.99 Å². The number of nitrogens with one attached hydrogen (secondary N) is 1. The van der Waals surface area contributed by atoms with Crippen LogP contribution >= 0.6 is 0 Å². The second kappa shape index (κ2) is 9.86. The number of hydrazone groups is 1. The molecule has 1 heterocycles. The first-order valence-corrected chi connectivity index (χ1v) is 11.0. The number of esters is 1. The summed E-state index contributed by atoms with van der Waals surface area (Å²) in [5, 5.41) is 4.16. The minimum absolute atomic E-state index is 0.0294. The van der Waals surface area contributed by atoms with E-state index in [0.29, 0.717) is 17.7 Å². The highest BCUT2D eigenvalue weighted by Crippen LogP contribution is 2.24. The van der Waals surface area contributed by atoms with E-state index in [9.17, 15) is 9.59 Å². The SMILES string of the molecule is CCOC(=O)c1ccccc1-n1c(C)cc(/C=N\NC(=O)c2ccc(C(C)(C)C)cc2)c1C. The van der Waals surface area contributed by atoms with Crippen molar-refractivity contribution >= 4 is 18.1 Å². The van der Waals surface area contributed by atoms with E-state index in [1.165, 1.54) is 0 Å². The molecule has 0 saturated heterocycles. The number of nitrogens with zero attached hydrogens (tertiary/aromatic N) is 2. The van der Waals surface area contributed by atoms with Crippen LogP contribution < -0.4 is 5.43 Å². The summed E-state index contributed by atoms with van der Waals surface area (Å²) in [6, 6.07) is 16.9. The van der Waals surface area contributed by atoms with E-state index in [1.807, 2.05) is 66.9 Å². The Morgan fingerprint density at radius 2 is 1.73 bits per heavy atom. The van der Waals surface area contributed by atoms with Gasteiger partial charge in [0.05, 0.1) is 24.1 Å². The second-order valence-electron chi connectivity index (χ2n) is 8.93. The predicted molar refractivity (Wildman–Crippen MR) is 131 cm³/mol. The van der Waals surface area contributed by atoms with Gasteiger partial charge in [0.2, 0.25) is 0 Å². The largest absolute Gasteiger partial charge is 0.462 e. The molecule has 172 valence electrons. The highest BCUT2D eigenvalue weighted by Gasteiger charge is 2.18. The summed E-state index contributed by atoms with van der Waals surface area (Å²) < 4.78 is 7.20. The third-order valence-electron chi connectivity index (χ3n) is 5.49. The van der Waals surface area contributed by atoms with E-state index in [-0.39, 0.29) is 17.3 Å². The van der Waals surface area contributed by atoms with Gasteiger partial charge in [-0.25, -0.2) is 10.2 Å². The standard InChI is InChI=1S/C27H31N3O3/c1-7-33-26(32)23-10-8-9-11-24(23)30-18(2)16-21(19(30)3)17-28-29-25(31)20-12-14-22(15-13-20)27(4,5)6/h8-17H,7H2,1-6H3,(H,29,31)/b28-17-. The summed E-state index contributed by atoms with van der Waals surface area (Å²) >= 11 is 0. The average Bonchev–Trinajstić information content (AvgIpc) is 3.06. The third kappa shape index (κ3) is 5.40. The van der Waals surface area contributed by atoms with Crippen molar-refractivity contribution in [3.05, 3.63) is 88.2 Å². The Balaban J connectivity index is 1.80. The molecule has 0 aliphatic carbocycles. The van der Waals surface area contributed by atoms with E-state index < -0.39 is 0 Å². The van der Waals surface area contributed by atoms with Gasteiger partial charge < -0.3 is 9.30 Å². The third-order valence-corrected chi connectivity index (χ3v) is 5.49. The van der Waals surface area contributed by atoms with Crippen molar-refractivity contribution in [2.45, 2.75) is 47.0 Å². The fourth-order valence-corrected chi connectivity index (χ4v) is 3.69. The lowest BCUT2D eigenvalue weighted by Crippen LogP contribution is -2.18. The highest BCUT2D eigenvalue weighted by molar-refractivity contribution is 5.95. The molecule has 1 N–H and O–H groups in total. The van der Waals surface area contributed by atoms with Gasteiger partial charge in [0.15, 0.2) is 0 Å². The van der Waals surface area contributed by atoms with Gasteiger partial charge in [0.25, 0.3) is 5.91 Å². The highest BCUT2D eigenvalue weighted by atomic mass is 16.5. The fourth-order valence-electron chi connectivity index (χ4n) is 3.69. The van der Waals surface area contributed by atoms with Crippen molar-refractivity contribution in [3.63, 3.8) is 0 Å². The molecule has 33 heavy (non-hydrogen) atoms. The van der Waals surface area contributed by atoms with E-state index in [4.69, 9.17) is 4.74 Å². The van der Waals surface area contributed by atoms with Crippen molar-refractivity contribution < 1.29 is 14.3 Å². The molecule has 6 heteroatoms. The van der Waals surface area contributed by atoms with Crippen LogP contribution in [0, 0.1) is 13.8 Å². The molecule has 1 aromatic heterocycles. The lowest BCUT2D eigenvalue weighted by Gasteiger charge is -2.18. The zero-order valence-corrected chi connectivity index (χ0v) is 20.1. The lowest BCUT2D eigenvalue weighted by atomic mass is 9.87. The summed E-state index contributed by atoms with van der Waals surface area (Å²) in [5.74, 6) is -0.631. The second-order valence-corrected chi connectivity index (χ2v) is 8.93. The number of amides is 1. The fraction of sp³-hybridized carbons (Fsp3) is 0.296. The molecule has 3 rings (SSSR count). The summed E-state index contributed by atoms with van der Waals surface area (Å²) in [6.45, 7) is 12.4. The number of carbonyl (C=O) groups excluding carboxylic acids is 2. The smallest absolute Gasteiger partial charge is 0.340 e. The van der Waals surface area contributed by atoms with Crippen LogP contribution in [0.15, 0.2) is 59.7 Å². The van der Waals surface area contributed by atoms with Gasteiger partial charge in [-0.05, 0) is 62.1 Å². The van der Waals surface area contributed by atoms with Gasteiger partial charge in [-0.1, -0.05) is 45.0 Å². The number of rotatable bonds is 6. The van der Waals surface area contributed by atoms with Crippen molar-refractivity contribution in [1.29, 1.82) is 0 Å². The molecule has 0 bridgehead atoms. The van der Waals surface area contributed by atoms with E-state index in [2.05, 4.69) is 31.3 Å². The number of aromatic nitrogens is 1. The molecule has 0 aliphatic rings. The van der Waals surface area contributed by atoms with Crippen LogP contribution in [0.3, 0.4) is 0 Å². The number of carbonyl (C=O) groups is 2. The van der Waals surface area contributed by atoms with Gasteiger partial charge in [0.1, 0.15) is 0 Å².